The quantitative estimate of drug-likeness (QED) is 0.663. The Morgan fingerprint density at radius 2 is 2.31 bits per heavy atom. The van der Waals surface area contributed by atoms with Crippen LogP contribution in [0, 0.1) is 0 Å². The Balaban J connectivity index is 2.67. The van der Waals surface area contributed by atoms with Gasteiger partial charge in [0.05, 0.1) is 7.11 Å². The summed E-state index contributed by atoms with van der Waals surface area (Å²) in [6, 6.07) is 0.422. The van der Waals surface area contributed by atoms with Gasteiger partial charge in [-0.05, 0) is 26.2 Å². The molecule has 0 aliphatic carbocycles. The molecular formula is C9H18N2O2. The number of hydrogen-bond acceptors (Lipinski definition) is 3. The van der Waals surface area contributed by atoms with Gasteiger partial charge in [-0.2, -0.15) is 0 Å². The van der Waals surface area contributed by atoms with Crippen molar-refractivity contribution in [1.82, 2.24) is 4.90 Å². The number of nitrogens with zero attached hydrogens (tertiary/aromatic N) is 1. The fourth-order valence-corrected chi connectivity index (χ4v) is 1.95. The number of carbonyl (C=O) groups excluding carboxylic acids is 1. The van der Waals surface area contributed by atoms with Gasteiger partial charge in [0.2, 0.25) is 0 Å². The van der Waals surface area contributed by atoms with Gasteiger partial charge in [-0.15, -0.1) is 0 Å². The zero-order valence-electron chi connectivity index (χ0n) is 8.32. The van der Waals surface area contributed by atoms with Crippen LogP contribution in [0.15, 0.2) is 0 Å². The zero-order chi connectivity index (χ0) is 9.84. The summed E-state index contributed by atoms with van der Waals surface area (Å²) in [5.74, 6) is 0. The van der Waals surface area contributed by atoms with Crippen molar-refractivity contribution in [1.29, 1.82) is 0 Å². The van der Waals surface area contributed by atoms with Gasteiger partial charge in [-0.3, -0.25) is 0 Å². The lowest BCUT2D eigenvalue weighted by molar-refractivity contribution is 0.0663. The van der Waals surface area contributed by atoms with Crippen molar-refractivity contribution in [3.63, 3.8) is 0 Å². The highest BCUT2D eigenvalue weighted by atomic mass is 16.5. The minimum atomic E-state index is -0.248. The number of likely N-dealkylation sites (tertiary alicyclic amines) is 1. The number of carbonyl (C=O) groups is 1. The number of rotatable bonds is 1. The van der Waals surface area contributed by atoms with Crippen molar-refractivity contribution < 1.29 is 9.53 Å². The first-order valence-corrected chi connectivity index (χ1v) is 4.77. The molecule has 76 valence electrons. The van der Waals surface area contributed by atoms with E-state index in [0.717, 1.165) is 19.3 Å². The molecule has 0 bridgehead atoms. The lowest BCUT2D eigenvalue weighted by atomic mass is 9.97. The molecule has 1 amide bonds. The van der Waals surface area contributed by atoms with E-state index in [1.54, 1.807) is 4.90 Å². The van der Waals surface area contributed by atoms with Crippen molar-refractivity contribution in [2.45, 2.75) is 38.3 Å². The molecule has 0 saturated carbocycles. The van der Waals surface area contributed by atoms with E-state index in [0.29, 0.717) is 6.54 Å². The molecule has 1 saturated heterocycles. The molecule has 0 spiro atoms. The van der Waals surface area contributed by atoms with E-state index in [-0.39, 0.29) is 18.2 Å². The smallest absolute Gasteiger partial charge is 0.410 e. The predicted molar refractivity (Wildman–Crippen MR) is 50.4 cm³/mol. The molecule has 1 rings (SSSR count). The lowest BCUT2D eigenvalue weighted by Gasteiger charge is -2.38. The van der Waals surface area contributed by atoms with Crippen LogP contribution in [0.3, 0.4) is 0 Å². The molecule has 0 aromatic rings. The molecule has 1 aliphatic heterocycles. The predicted octanol–water partition coefficient (Wildman–Crippen LogP) is 0.954. The maximum Gasteiger partial charge on any atom is 0.410 e. The first kappa shape index (κ1) is 10.3. The highest BCUT2D eigenvalue weighted by molar-refractivity contribution is 5.68. The number of nitrogens with two attached hydrogens (primary N) is 1. The van der Waals surface area contributed by atoms with Crippen LogP contribution < -0.4 is 5.73 Å². The average molecular weight is 186 g/mol. The minimum Gasteiger partial charge on any atom is -0.453 e. The molecule has 13 heavy (non-hydrogen) atoms. The Labute approximate surface area is 79.0 Å². The van der Waals surface area contributed by atoms with Crippen molar-refractivity contribution >= 4 is 6.09 Å². The van der Waals surface area contributed by atoms with E-state index in [1.165, 1.54) is 7.11 Å². The third-order valence-corrected chi connectivity index (χ3v) is 2.69. The van der Waals surface area contributed by atoms with Crippen LogP contribution in [0.1, 0.15) is 26.2 Å². The summed E-state index contributed by atoms with van der Waals surface area (Å²) in [4.78, 5) is 13.2. The first-order chi connectivity index (χ1) is 6.20. The molecule has 1 heterocycles. The van der Waals surface area contributed by atoms with Crippen LogP contribution in [0.2, 0.25) is 0 Å². The second-order valence-corrected chi connectivity index (χ2v) is 3.55. The summed E-state index contributed by atoms with van der Waals surface area (Å²) in [6.45, 7) is 2.57. The second-order valence-electron chi connectivity index (χ2n) is 3.55. The molecule has 1 fully saturated rings. The minimum absolute atomic E-state index is 0.163. The van der Waals surface area contributed by atoms with E-state index in [1.807, 2.05) is 6.92 Å². The molecule has 2 atom stereocenters. The van der Waals surface area contributed by atoms with Crippen LogP contribution in [-0.4, -0.2) is 36.7 Å². The third kappa shape index (κ3) is 2.12. The summed E-state index contributed by atoms with van der Waals surface area (Å²) in [7, 11) is 1.41. The van der Waals surface area contributed by atoms with Crippen molar-refractivity contribution in [2.75, 3.05) is 13.7 Å². The number of piperidine rings is 1. The Morgan fingerprint density at radius 1 is 1.62 bits per heavy atom. The molecule has 1 aliphatic rings. The van der Waals surface area contributed by atoms with E-state index in [9.17, 15) is 4.79 Å². The lowest BCUT2D eigenvalue weighted by Crippen LogP contribution is -2.51. The molecule has 4 heteroatoms. The van der Waals surface area contributed by atoms with Crippen molar-refractivity contribution in [3.05, 3.63) is 0 Å². The van der Waals surface area contributed by atoms with Crippen molar-refractivity contribution in [2.24, 2.45) is 5.73 Å². The van der Waals surface area contributed by atoms with Gasteiger partial charge in [0.15, 0.2) is 0 Å². The topological polar surface area (TPSA) is 55.6 Å². The Bertz CT molecular complexity index is 184. The highest BCUT2D eigenvalue weighted by Gasteiger charge is 2.31. The van der Waals surface area contributed by atoms with Crippen LogP contribution in [-0.2, 0) is 4.74 Å². The number of methoxy groups -OCH3 is 1. The first-order valence-electron chi connectivity index (χ1n) is 4.77. The van der Waals surface area contributed by atoms with E-state index >= 15 is 0 Å². The average Bonchev–Trinajstić information content (AvgIpc) is 2.16. The van der Waals surface area contributed by atoms with E-state index < -0.39 is 0 Å². The fourth-order valence-electron chi connectivity index (χ4n) is 1.95. The van der Waals surface area contributed by atoms with Gasteiger partial charge in [0.25, 0.3) is 0 Å². The zero-order valence-corrected chi connectivity index (χ0v) is 8.32. The molecule has 0 radical (unpaired) electrons. The van der Waals surface area contributed by atoms with Crippen LogP contribution in [0.5, 0.6) is 0 Å². The standard InChI is InChI=1S/C9H18N2O2/c1-7-4-3-5-8(6-10)11(7)9(12)13-2/h7-8H,3-6,10H2,1-2H3. The maximum absolute atomic E-state index is 11.4. The van der Waals surface area contributed by atoms with Crippen LogP contribution >= 0.6 is 0 Å². The maximum atomic E-state index is 11.4. The van der Waals surface area contributed by atoms with Gasteiger partial charge < -0.3 is 15.4 Å². The van der Waals surface area contributed by atoms with Crippen LogP contribution in [0.25, 0.3) is 0 Å². The van der Waals surface area contributed by atoms with Crippen molar-refractivity contribution in [3.8, 4) is 0 Å². The highest BCUT2D eigenvalue weighted by Crippen LogP contribution is 2.22. The molecule has 0 aromatic carbocycles. The normalized spacial score (nSPS) is 28.7. The summed E-state index contributed by atoms with van der Waals surface area (Å²) in [5, 5.41) is 0. The van der Waals surface area contributed by atoms with Gasteiger partial charge in [0, 0.05) is 18.6 Å². The molecule has 2 unspecified atom stereocenters. The summed E-state index contributed by atoms with van der Waals surface area (Å²) in [5.41, 5.74) is 5.60. The number of hydrogen-bond donors (Lipinski definition) is 1. The fraction of sp³-hybridized carbons (Fsp3) is 0.889. The molecule has 2 N–H and O–H groups in total. The number of ether oxygens (including phenoxy) is 1. The third-order valence-electron chi connectivity index (χ3n) is 2.69. The van der Waals surface area contributed by atoms with E-state index in [2.05, 4.69) is 0 Å². The Hall–Kier alpha value is -0.770. The molecule has 4 nitrogen and oxygen atoms in total. The monoisotopic (exact) mass is 186 g/mol. The number of amides is 1. The van der Waals surface area contributed by atoms with Gasteiger partial charge in [0.1, 0.15) is 0 Å². The Kier molecular flexibility index (Phi) is 3.54. The summed E-state index contributed by atoms with van der Waals surface area (Å²) >= 11 is 0. The molecular weight excluding hydrogens is 168 g/mol. The summed E-state index contributed by atoms with van der Waals surface area (Å²) < 4.78 is 4.72. The van der Waals surface area contributed by atoms with E-state index in [4.69, 9.17) is 10.5 Å². The van der Waals surface area contributed by atoms with Crippen LogP contribution in [0.4, 0.5) is 4.79 Å². The summed E-state index contributed by atoms with van der Waals surface area (Å²) in [6.07, 6.45) is 2.94. The second kappa shape index (κ2) is 4.46. The largest absolute Gasteiger partial charge is 0.453 e. The SMILES string of the molecule is COC(=O)N1C(C)CCCC1CN. The Morgan fingerprint density at radius 3 is 2.85 bits per heavy atom. The molecule has 0 aromatic heterocycles. The van der Waals surface area contributed by atoms with Gasteiger partial charge in [-0.1, -0.05) is 0 Å². The van der Waals surface area contributed by atoms with Gasteiger partial charge in [-0.25, -0.2) is 4.79 Å². The van der Waals surface area contributed by atoms with Gasteiger partial charge >= 0.3 is 6.09 Å².